The van der Waals surface area contributed by atoms with E-state index < -0.39 is 0 Å². The summed E-state index contributed by atoms with van der Waals surface area (Å²) in [5, 5.41) is 8.65. The number of likely N-dealkylation sites (tertiary alicyclic amines) is 2. The minimum absolute atomic E-state index is 0.111. The van der Waals surface area contributed by atoms with Crippen molar-refractivity contribution in [3.8, 4) is 0 Å². The smallest absolute Gasteiger partial charge is 0.253 e. The van der Waals surface area contributed by atoms with Gasteiger partial charge in [-0.3, -0.25) is 14.0 Å². The molecule has 5 rings (SSSR count). The van der Waals surface area contributed by atoms with Crippen LogP contribution in [0.4, 0.5) is 4.39 Å². The zero-order valence-corrected chi connectivity index (χ0v) is 17.9. The first-order chi connectivity index (χ1) is 15.6. The molecule has 0 N–H and O–H groups in total. The van der Waals surface area contributed by atoms with E-state index in [1.165, 1.54) is 24.3 Å². The molecule has 0 bridgehead atoms. The van der Waals surface area contributed by atoms with Gasteiger partial charge in [-0.15, -0.1) is 10.2 Å². The van der Waals surface area contributed by atoms with Crippen LogP contribution in [0.15, 0.2) is 48.7 Å². The van der Waals surface area contributed by atoms with Gasteiger partial charge in [0.25, 0.3) is 5.91 Å². The monoisotopic (exact) mass is 435 g/mol. The highest BCUT2D eigenvalue weighted by Crippen LogP contribution is 2.29. The molecule has 0 aliphatic carbocycles. The number of carbonyl (C=O) groups excluding carboxylic acids is 2. The SMILES string of the molecule is O=C(c1ccc(F)cc1)N1CCC[C@H](C(=O)N2CCC[C@@H](c3nnc4ccccn34)C2)C1. The molecular weight excluding hydrogens is 409 g/mol. The van der Waals surface area contributed by atoms with E-state index in [1.54, 1.807) is 4.90 Å². The van der Waals surface area contributed by atoms with E-state index in [0.717, 1.165) is 43.7 Å². The number of aromatic nitrogens is 3. The molecule has 7 nitrogen and oxygen atoms in total. The maximum atomic E-state index is 13.4. The second-order valence-electron chi connectivity index (χ2n) is 8.71. The fraction of sp³-hybridized carbons (Fsp3) is 0.417. The maximum Gasteiger partial charge on any atom is 0.253 e. The summed E-state index contributed by atoms with van der Waals surface area (Å²) in [6.07, 6.45) is 5.42. The molecular formula is C24H26FN5O2. The highest BCUT2D eigenvalue weighted by atomic mass is 19.1. The highest BCUT2D eigenvalue weighted by molar-refractivity contribution is 5.94. The van der Waals surface area contributed by atoms with Gasteiger partial charge in [0.2, 0.25) is 5.91 Å². The average Bonchev–Trinajstić information content (AvgIpc) is 3.28. The molecule has 4 heterocycles. The number of halogens is 1. The van der Waals surface area contributed by atoms with Gasteiger partial charge in [0, 0.05) is 43.9 Å². The lowest BCUT2D eigenvalue weighted by atomic mass is 9.92. The topological polar surface area (TPSA) is 70.8 Å². The lowest BCUT2D eigenvalue weighted by molar-refractivity contribution is -0.138. The summed E-state index contributed by atoms with van der Waals surface area (Å²) in [4.78, 5) is 29.9. The van der Waals surface area contributed by atoms with Gasteiger partial charge < -0.3 is 9.80 Å². The quantitative estimate of drug-likeness (QED) is 0.634. The van der Waals surface area contributed by atoms with Crippen molar-refractivity contribution in [2.75, 3.05) is 26.2 Å². The lowest BCUT2D eigenvalue weighted by Gasteiger charge is -2.38. The largest absolute Gasteiger partial charge is 0.342 e. The second-order valence-corrected chi connectivity index (χ2v) is 8.71. The van der Waals surface area contributed by atoms with Gasteiger partial charge in [-0.05, 0) is 62.1 Å². The number of piperidine rings is 2. The first-order valence-corrected chi connectivity index (χ1v) is 11.2. The van der Waals surface area contributed by atoms with Gasteiger partial charge in [-0.1, -0.05) is 6.07 Å². The van der Waals surface area contributed by atoms with Crippen molar-refractivity contribution in [1.29, 1.82) is 0 Å². The predicted molar refractivity (Wildman–Crippen MR) is 117 cm³/mol. The molecule has 166 valence electrons. The van der Waals surface area contributed by atoms with E-state index in [4.69, 9.17) is 0 Å². The van der Waals surface area contributed by atoms with E-state index in [1.807, 2.05) is 33.7 Å². The summed E-state index contributed by atoms with van der Waals surface area (Å²) < 4.78 is 15.2. The Balaban J connectivity index is 1.27. The number of rotatable bonds is 3. The number of amides is 2. The van der Waals surface area contributed by atoms with Crippen molar-refractivity contribution < 1.29 is 14.0 Å². The van der Waals surface area contributed by atoms with Gasteiger partial charge >= 0.3 is 0 Å². The molecule has 32 heavy (non-hydrogen) atoms. The number of nitrogens with zero attached hydrogens (tertiary/aromatic N) is 5. The minimum atomic E-state index is -0.367. The Labute approximate surface area is 185 Å². The molecule has 2 atom stereocenters. The molecule has 0 saturated carbocycles. The Morgan fingerprint density at radius 2 is 1.69 bits per heavy atom. The number of fused-ring (bicyclic) bond motifs is 1. The lowest BCUT2D eigenvalue weighted by Crippen LogP contribution is -2.49. The van der Waals surface area contributed by atoms with Crippen LogP contribution in [0, 0.1) is 11.7 Å². The van der Waals surface area contributed by atoms with Crippen LogP contribution < -0.4 is 0 Å². The average molecular weight is 436 g/mol. The molecule has 2 aliphatic rings. The van der Waals surface area contributed by atoms with Gasteiger partial charge in [0.05, 0.1) is 5.92 Å². The van der Waals surface area contributed by atoms with Crippen LogP contribution in [0.1, 0.15) is 47.8 Å². The molecule has 0 radical (unpaired) electrons. The molecule has 8 heteroatoms. The summed E-state index contributed by atoms with van der Waals surface area (Å²) in [7, 11) is 0. The van der Waals surface area contributed by atoms with Crippen LogP contribution in [-0.2, 0) is 4.79 Å². The highest BCUT2D eigenvalue weighted by Gasteiger charge is 2.34. The standard InChI is InChI=1S/C24H26FN5O2/c25-20-10-8-17(9-11-20)23(31)29-13-4-6-19(16-29)24(32)28-12-3-5-18(15-28)22-27-26-21-7-1-2-14-30(21)22/h1-2,7-11,14,18-19H,3-6,12-13,15-16H2/t18-,19+/m1/s1. The van der Waals surface area contributed by atoms with E-state index in [9.17, 15) is 14.0 Å². The normalized spacial score (nSPS) is 21.7. The van der Waals surface area contributed by atoms with Crippen LogP contribution in [0.25, 0.3) is 5.65 Å². The maximum absolute atomic E-state index is 13.4. The van der Waals surface area contributed by atoms with Gasteiger partial charge in [0.15, 0.2) is 5.65 Å². The van der Waals surface area contributed by atoms with Crippen LogP contribution in [0.5, 0.6) is 0 Å². The Hall–Kier alpha value is -3.29. The summed E-state index contributed by atoms with van der Waals surface area (Å²) in [5.41, 5.74) is 1.27. The summed E-state index contributed by atoms with van der Waals surface area (Å²) in [6.45, 7) is 2.38. The molecule has 0 unspecified atom stereocenters. The van der Waals surface area contributed by atoms with Crippen LogP contribution in [0.3, 0.4) is 0 Å². The first-order valence-electron chi connectivity index (χ1n) is 11.2. The molecule has 2 amide bonds. The Bertz CT molecular complexity index is 1130. The van der Waals surface area contributed by atoms with Crippen molar-refractivity contribution in [2.24, 2.45) is 5.92 Å². The van der Waals surface area contributed by atoms with Crippen molar-refractivity contribution in [3.63, 3.8) is 0 Å². The predicted octanol–water partition coefficient (Wildman–Crippen LogP) is 3.13. The number of carbonyl (C=O) groups is 2. The number of hydrogen-bond acceptors (Lipinski definition) is 4. The van der Waals surface area contributed by atoms with Crippen molar-refractivity contribution >= 4 is 17.5 Å². The van der Waals surface area contributed by atoms with E-state index >= 15 is 0 Å². The molecule has 2 aliphatic heterocycles. The number of hydrogen-bond donors (Lipinski definition) is 0. The molecule has 3 aromatic rings. The number of pyridine rings is 1. The van der Waals surface area contributed by atoms with Crippen LogP contribution in [-0.4, -0.2) is 62.4 Å². The Kier molecular flexibility index (Phi) is 5.59. The van der Waals surface area contributed by atoms with Crippen molar-refractivity contribution in [2.45, 2.75) is 31.6 Å². The molecule has 2 saturated heterocycles. The zero-order valence-electron chi connectivity index (χ0n) is 17.9. The Morgan fingerprint density at radius 1 is 0.906 bits per heavy atom. The number of benzene rings is 1. The second kappa shape index (κ2) is 8.68. The van der Waals surface area contributed by atoms with Gasteiger partial charge in [0.1, 0.15) is 11.6 Å². The third kappa shape index (κ3) is 3.97. The molecule has 1 aromatic carbocycles. The van der Waals surface area contributed by atoms with E-state index in [0.29, 0.717) is 25.2 Å². The van der Waals surface area contributed by atoms with Crippen molar-refractivity contribution in [3.05, 3.63) is 65.9 Å². The minimum Gasteiger partial charge on any atom is -0.342 e. The summed E-state index contributed by atoms with van der Waals surface area (Å²) in [5.74, 6) is 0.435. The van der Waals surface area contributed by atoms with Gasteiger partial charge in [-0.25, -0.2) is 4.39 Å². The third-order valence-electron chi connectivity index (χ3n) is 6.59. The summed E-state index contributed by atoms with van der Waals surface area (Å²) >= 11 is 0. The van der Waals surface area contributed by atoms with Crippen LogP contribution >= 0.6 is 0 Å². The molecule has 2 aromatic heterocycles. The Morgan fingerprint density at radius 3 is 2.53 bits per heavy atom. The third-order valence-corrected chi connectivity index (χ3v) is 6.59. The fourth-order valence-corrected chi connectivity index (χ4v) is 4.92. The molecule has 2 fully saturated rings. The zero-order chi connectivity index (χ0) is 22.1. The van der Waals surface area contributed by atoms with Crippen molar-refractivity contribution in [1.82, 2.24) is 24.4 Å². The summed E-state index contributed by atoms with van der Waals surface area (Å²) in [6, 6.07) is 11.4. The fourth-order valence-electron chi connectivity index (χ4n) is 4.92. The van der Waals surface area contributed by atoms with E-state index in [2.05, 4.69) is 10.2 Å². The molecule has 0 spiro atoms. The van der Waals surface area contributed by atoms with E-state index in [-0.39, 0.29) is 29.5 Å². The first kappa shape index (κ1) is 20.6. The van der Waals surface area contributed by atoms with Gasteiger partial charge in [-0.2, -0.15) is 0 Å². The van der Waals surface area contributed by atoms with Crippen LogP contribution in [0.2, 0.25) is 0 Å².